The third kappa shape index (κ3) is 7.13. The van der Waals surface area contributed by atoms with Gasteiger partial charge in [-0.1, -0.05) is 66.2 Å². The summed E-state index contributed by atoms with van der Waals surface area (Å²) < 4.78 is 0. The van der Waals surface area contributed by atoms with Crippen LogP contribution in [0.2, 0.25) is 5.02 Å². The maximum Gasteiger partial charge on any atom is 0.254 e. The molecule has 0 atom stereocenters. The molecular weight excluding hydrogens is 384 g/mol. The van der Waals surface area contributed by atoms with E-state index < -0.39 is 0 Å². The molecule has 29 heavy (non-hydrogen) atoms. The van der Waals surface area contributed by atoms with E-state index in [-0.39, 0.29) is 5.91 Å². The van der Waals surface area contributed by atoms with Crippen LogP contribution in [0, 0.1) is 0 Å². The fourth-order valence-corrected chi connectivity index (χ4v) is 3.46. The van der Waals surface area contributed by atoms with Gasteiger partial charge in [-0.3, -0.25) is 14.6 Å². The van der Waals surface area contributed by atoms with Crippen molar-refractivity contribution in [3.63, 3.8) is 0 Å². The lowest BCUT2D eigenvalue weighted by atomic mass is 10.1. The predicted molar refractivity (Wildman–Crippen MR) is 120 cm³/mol. The quantitative estimate of drug-likeness (QED) is 0.559. The average molecular weight is 411 g/mol. The van der Waals surface area contributed by atoms with Crippen molar-refractivity contribution < 1.29 is 4.79 Å². The molecule has 1 aliphatic rings. The fraction of sp³-hybridized carbons (Fsp3) is 0.304. The average Bonchev–Trinajstić information content (AvgIpc) is 2.72. The van der Waals surface area contributed by atoms with Crippen LogP contribution >= 0.6 is 11.6 Å². The van der Waals surface area contributed by atoms with Crippen molar-refractivity contribution >= 4 is 29.8 Å². The summed E-state index contributed by atoms with van der Waals surface area (Å²) in [6, 6.07) is 18.0. The van der Waals surface area contributed by atoms with E-state index >= 15 is 0 Å². The van der Waals surface area contributed by atoms with Gasteiger partial charge >= 0.3 is 0 Å². The number of hydrogen-bond acceptors (Lipinski definition) is 4. The molecule has 2 aromatic rings. The Morgan fingerprint density at radius 3 is 2.41 bits per heavy atom. The van der Waals surface area contributed by atoms with Crippen molar-refractivity contribution in [1.82, 2.24) is 15.2 Å². The summed E-state index contributed by atoms with van der Waals surface area (Å²) in [5.74, 6) is -0.0895. The Labute approximate surface area is 177 Å². The van der Waals surface area contributed by atoms with Gasteiger partial charge in [0.25, 0.3) is 5.91 Å². The largest absolute Gasteiger partial charge is 0.296 e. The van der Waals surface area contributed by atoms with E-state index in [0.717, 1.165) is 54.4 Å². The number of nitrogens with zero attached hydrogens (tertiary/aromatic N) is 3. The molecule has 1 heterocycles. The number of allylic oxidation sites excluding steroid dienone is 1. The standard InChI is InChI=1S/C23H27ClN4O/c1-19(15-20-7-3-2-4-8-20)16-25-26-23(29)18-28-13-11-27(12-14-28)17-21-9-5-6-10-22(21)24/h2-10,15-16H,11-14,17-18H2,1H3,(H,26,29)/b19-15+,25-16-. The van der Waals surface area contributed by atoms with E-state index in [9.17, 15) is 4.79 Å². The van der Waals surface area contributed by atoms with E-state index in [4.69, 9.17) is 11.6 Å². The van der Waals surface area contributed by atoms with Crippen molar-refractivity contribution in [3.05, 3.63) is 76.3 Å². The smallest absolute Gasteiger partial charge is 0.254 e. The number of nitrogens with one attached hydrogen (secondary N) is 1. The second-order valence-electron chi connectivity index (χ2n) is 7.24. The van der Waals surface area contributed by atoms with Crippen LogP contribution in [0.1, 0.15) is 18.1 Å². The zero-order valence-electron chi connectivity index (χ0n) is 16.7. The first-order valence-corrected chi connectivity index (χ1v) is 10.2. The molecule has 0 bridgehead atoms. The third-order valence-corrected chi connectivity index (χ3v) is 5.20. The Morgan fingerprint density at radius 2 is 1.69 bits per heavy atom. The van der Waals surface area contributed by atoms with Gasteiger partial charge in [0.15, 0.2) is 0 Å². The molecule has 1 amide bonds. The first-order valence-electron chi connectivity index (χ1n) is 9.83. The number of hydrogen-bond donors (Lipinski definition) is 1. The van der Waals surface area contributed by atoms with Gasteiger partial charge in [0.2, 0.25) is 0 Å². The fourth-order valence-electron chi connectivity index (χ4n) is 3.27. The Bertz CT molecular complexity index is 858. The van der Waals surface area contributed by atoms with Crippen molar-refractivity contribution in [2.75, 3.05) is 32.7 Å². The summed E-state index contributed by atoms with van der Waals surface area (Å²) >= 11 is 6.25. The SMILES string of the molecule is CC(/C=N\NC(=O)CN1CCN(Cc2ccccc2Cl)CC1)=C\c1ccccc1. The van der Waals surface area contributed by atoms with E-state index in [1.165, 1.54) is 0 Å². The highest BCUT2D eigenvalue weighted by atomic mass is 35.5. The summed E-state index contributed by atoms with van der Waals surface area (Å²) in [5.41, 5.74) is 5.85. The maximum absolute atomic E-state index is 12.2. The Balaban J connectivity index is 1.38. The minimum Gasteiger partial charge on any atom is -0.296 e. The third-order valence-electron chi connectivity index (χ3n) is 4.84. The number of piperazine rings is 1. The summed E-state index contributed by atoms with van der Waals surface area (Å²) in [4.78, 5) is 16.7. The molecule has 2 aromatic carbocycles. The molecule has 1 aliphatic heterocycles. The molecule has 152 valence electrons. The molecule has 1 saturated heterocycles. The highest BCUT2D eigenvalue weighted by Gasteiger charge is 2.19. The van der Waals surface area contributed by atoms with Gasteiger partial charge in [-0.2, -0.15) is 5.10 Å². The van der Waals surface area contributed by atoms with Crippen LogP contribution in [0.3, 0.4) is 0 Å². The van der Waals surface area contributed by atoms with Crippen molar-refractivity contribution in [2.24, 2.45) is 5.10 Å². The molecule has 3 rings (SSSR count). The van der Waals surface area contributed by atoms with Crippen molar-refractivity contribution in [1.29, 1.82) is 0 Å². The van der Waals surface area contributed by atoms with Crippen LogP contribution in [-0.4, -0.2) is 54.6 Å². The Hall–Kier alpha value is -2.47. The lowest BCUT2D eigenvalue weighted by molar-refractivity contribution is -0.122. The number of hydrazone groups is 1. The number of rotatable bonds is 7. The molecule has 0 radical (unpaired) electrons. The molecule has 0 unspecified atom stereocenters. The normalized spacial score (nSPS) is 16.3. The van der Waals surface area contributed by atoms with Gasteiger partial charge in [0.05, 0.1) is 12.8 Å². The lowest BCUT2D eigenvalue weighted by Gasteiger charge is -2.34. The second kappa shape index (κ2) is 10.9. The summed E-state index contributed by atoms with van der Waals surface area (Å²) in [6.45, 7) is 6.71. The minimum absolute atomic E-state index is 0.0895. The van der Waals surface area contributed by atoms with Crippen LogP contribution in [0.25, 0.3) is 6.08 Å². The number of carbonyl (C=O) groups excluding carboxylic acids is 1. The van der Waals surface area contributed by atoms with E-state index in [1.54, 1.807) is 6.21 Å². The first kappa shape index (κ1) is 21.2. The van der Waals surface area contributed by atoms with Gasteiger partial charge in [-0.25, -0.2) is 5.43 Å². The molecule has 0 aromatic heterocycles. The maximum atomic E-state index is 12.2. The van der Waals surface area contributed by atoms with Crippen LogP contribution in [0.4, 0.5) is 0 Å². The Morgan fingerprint density at radius 1 is 1.03 bits per heavy atom. The summed E-state index contributed by atoms with van der Waals surface area (Å²) in [6.07, 6.45) is 3.69. The predicted octanol–water partition coefficient (Wildman–Crippen LogP) is 3.66. The van der Waals surface area contributed by atoms with Gasteiger partial charge in [0, 0.05) is 37.7 Å². The molecular formula is C23H27ClN4O. The zero-order chi connectivity index (χ0) is 20.5. The van der Waals surface area contributed by atoms with E-state index in [0.29, 0.717) is 6.54 Å². The Kier molecular flexibility index (Phi) is 7.99. The monoisotopic (exact) mass is 410 g/mol. The molecule has 6 heteroatoms. The topological polar surface area (TPSA) is 47.9 Å². The molecule has 0 saturated carbocycles. The first-order chi connectivity index (χ1) is 14.1. The zero-order valence-corrected chi connectivity index (χ0v) is 17.5. The molecule has 0 aliphatic carbocycles. The van der Waals surface area contributed by atoms with Crippen LogP contribution in [-0.2, 0) is 11.3 Å². The van der Waals surface area contributed by atoms with Gasteiger partial charge in [-0.05, 0) is 29.7 Å². The van der Waals surface area contributed by atoms with E-state index in [2.05, 4.69) is 26.4 Å². The van der Waals surface area contributed by atoms with Crippen LogP contribution < -0.4 is 5.43 Å². The van der Waals surface area contributed by atoms with Gasteiger partial charge in [-0.15, -0.1) is 0 Å². The van der Waals surface area contributed by atoms with Crippen molar-refractivity contribution in [2.45, 2.75) is 13.5 Å². The molecule has 5 nitrogen and oxygen atoms in total. The van der Waals surface area contributed by atoms with Crippen molar-refractivity contribution in [3.8, 4) is 0 Å². The highest BCUT2D eigenvalue weighted by molar-refractivity contribution is 6.31. The molecule has 0 spiro atoms. The van der Waals surface area contributed by atoms with Gasteiger partial charge in [0.1, 0.15) is 0 Å². The molecule has 1 fully saturated rings. The summed E-state index contributed by atoms with van der Waals surface area (Å²) in [7, 11) is 0. The summed E-state index contributed by atoms with van der Waals surface area (Å²) in [5, 5.41) is 4.88. The minimum atomic E-state index is -0.0895. The van der Waals surface area contributed by atoms with E-state index in [1.807, 2.05) is 61.5 Å². The lowest BCUT2D eigenvalue weighted by Crippen LogP contribution is -2.48. The number of halogens is 1. The number of carbonyl (C=O) groups is 1. The number of amides is 1. The molecule has 1 N–H and O–H groups in total. The van der Waals surface area contributed by atoms with Crippen LogP contribution in [0.5, 0.6) is 0 Å². The highest BCUT2D eigenvalue weighted by Crippen LogP contribution is 2.17. The number of benzene rings is 2. The van der Waals surface area contributed by atoms with Gasteiger partial charge < -0.3 is 0 Å². The second-order valence-corrected chi connectivity index (χ2v) is 7.64. The van der Waals surface area contributed by atoms with Crippen LogP contribution in [0.15, 0.2) is 65.3 Å².